The Morgan fingerprint density at radius 1 is 1.00 bits per heavy atom. The molecule has 11 heteroatoms. The fourth-order valence-electron chi connectivity index (χ4n) is 4.92. The van der Waals surface area contributed by atoms with Crippen LogP contribution in [0.3, 0.4) is 0 Å². The Morgan fingerprint density at radius 2 is 1.73 bits per heavy atom. The summed E-state index contributed by atoms with van der Waals surface area (Å²) in [5.41, 5.74) is 8.85. The Hall–Kier alpha value is -5.32. The third kappa shape index (κ3) is 4.61. The van der Waals surface area contributed by atoms with Crippen LogP contribution in [0.4, 0.5) is 4.39 Å². The van der Waals surface area contributed by atoms with Crippen LogP contribution < -0.4 is 16.4 Å². The maximum atomic E-state index is 13.5. The maximum absolute atomic E-state index is 13.5. The smallest absolute Gasteiger partial charge is 0.288 e. The van der Waals surface area contributed by atoms with Crippen molar-refractivity contribution in [3.8, 4) is 22.5 Å². The van der Waals surface area contributed by atoms with Crippen LogP contribution in [0.5, 0.6) is 0 Å². The van der Waals surface area contributed by atoms with Gasteiger partial charge in [-0.1, -0.05) is 12.1 Å². The molecule has 0 unspecified atom stereocenters. The van der Waals surface area contributed by atoms with Crippen molar-refractivity contribution in [2.45, 2.75) is 25.3 Å². The summed E-state index contributed by atoms with van der Waals surface area (Å²) in [7, 11) is 1.53. The number of halogens is 1. The van der Waals surface area contributed by atoms with E-state index in [0.717, 1.165) is 16.7 Å². The van der Waals surface area contributed by atoms with E-state index in [-0.39, 0.29) is 17.6 Å². The number of nitrogens with zero attached hydrogens (tertiary/aromatic N) is 2. The number of nitrogens with one attached hydrogen (secondary N) is 3. The number of furan rings is 1. The number of aryl methyl sites for hydroxylation is 1. The second kappa shape index (κ2) is 9.70. The number of hydrogen-bond acceptors (Lipinski definition) is 6. The number of nitrogens with two attached hydrogens (primary N) is 1. The Morgan fingerprint density at radius 3 is 2.39 bits per heavy atom. The largest absolute Gasteiger partial charge is 0.455 e. The SMILES string of the molecule is CNC(=O)c1c(-c2ccc(F)cc2)oc2ccc(-c3cc(C(=O)NC4(c5nc(C(N)=O)n[nH]5)CC4)ccc3C)cc12. The van der Waals surface area contributed by atoms with Gasteiger partial charge in [0.25, 0.3) is 17.7 Å². The van der Waals surface area contributed by atoms with Crippen LogP contribution in [0, 0.1) is 12.7 Å². The van der Waals surface area contributed by atoms with Gasteiger partial charge in [-0.2, -0.15) is 0 Å². The van der Waals surface area contributed by atoms with Crippen molar-refractivity contribution < 1.29 is 23.2 Å². The quantitative estimate of drug-likeness (QED) is 0.237. The van der Waals surface area contributed by atoms with Gasteiger partial charge in [-0.15, -0.1) is 5.10 Å². The lowest BCUT2D eigenvalue weighted by Crippen LogP contribution is -2.35. The van der Waals surface area contributed by atoms with Gasteiger partial charge in [-0.05, 0) is 85.0 Å². The molecule has 6 rings (SSSR count). The summed E-state index contributed by atoms with van der Waals surface area (Å²) in [4.78, 5) is 41.8. The molecular formula is C30H25FN6O4. The van der Waals surface area contributed by atoms with E-state index >= 15 is 0 Å². The second-order valence-electron chi connectivity index (χ2n) is 10.0. The zero-order valence-corrected chi connectivity index (χ0v) is 22.2. The van der Waals surface area contributed by atoms with Gasteiger partial charge < -0.3 is 20.8 Å². The van der Waals surface area contributed by atoms with Crippen LogP contribution in [0.25, 0.3) is 33.4 Å². The van der Waals surface area contributed by atoms with Gasteiger partial charge in [0, 0.05) is 23.6 Å². The van der Waals surface area contributed by atoms with E-state index in [2.05, 4.69) is 25.8 Å². The molecule has 2 heterocycles. The minimum atomic E-state index is -0.753. The normalized spacial score (nSPS) is 13.6. The van der Waals surface area contributed by atoms with Crippen molar-refractivity contribution in [3.05, 3.63) is 94.8 Å². The second-order valence-corrected chi connectivity index (χ2v) is 10.0. The van der Waals surface area contributed by atoms with Crippen LogP contribution in [0.1, 0.15) is 55.6 Å². The molecule has 0 radical (unpaired) electrons. The van der Waals surface area contributed by atoms with Crippen molar-refractivity contribution in [2.24, 2.45) is 5.73 Å². The van der Waals surface area contributed by atoms with E-state index in [4.69, 9.17) is 10.2 Å². The number of hydrogen-bond donors (Lipinski definition) is 4. The van der Waals surface area contributed by atoms with E-state index in [1.165, 1.54) is 19.2 Å². The Kier molecular flexibility index (Phi) is 6.14. The third-order valence-electron chi connectivity index (χ3n) is 7.32. The number of benzene rings is 3. The van der Waals surface area contributed by atoms with Crippen molar-refractivity contribution in [3.63, 3.8) is 0 Å². The van der Waals surface area contributed by atoms with Gasteiger partial charge in [-0.25, -0.2) is 9.37 Å². The molecule has 3 aromatic carbocycles. The summed E-state index contributed by atoms with van der Waals surface area (Å²) in [6, 6.07) is 16.6. The molecule has 1 saturated carbocycles. The fraction of sp³-hybridized carbons (Fsp3) is 0.167. The summed E-state index contributed by atoms with van der Waals surface area (Å²) in [5, 5.41) is 12.8. The van der Waals surface area contributed by atoms with Crippen LogP contribution in [-0.4, -0.2) is 40.0 Å². The highest BCUT2D eigenvalue weighted by Gasteiger charge is 2.49. The highest BCUT2D eigenvalue weighted by Crippen LogP contribution is 2.44. The Balaban J connectivity index is 1.36. The number of carbonyl (C=O) groups excluding carboxylic acids is 3. The molecular weight excluding hydrogens is 527 g/mol. The molecule has 0 atom stereocenters. The lowest BCUT2D eigenvalue weighted by molar-refractivity contribution is 0.0926. The third-order valence-corrected chi connectivity index (χ3v) is 7.32. The number of primary amides is 1. The molecule has 10 nitrogen and oxygen atoms in total. The first-order chi connectivity index (χ1) is 19.7. The first-order valence-corrected chi connectivity index (χ1v) is 12.9. The Bertz CT molecular complexity index is 1850. The molecule has 1 aliphatic carbocycles. The molecule has 5 N–H and O–H groups in total. The summed E-state index contributed by atoms with van der Waals surface area (Å²) < 4.78 is 19.6. The number of H-pyrrole nitrogens is 1. The zero-order valence-electron chi connectivity index (χ0n) is 22.2. The van der Waals surface area contributed by atoms with Gasteiger partial charge in [0.05, 0.1) is 11.1 Å². The van der Waals surface area contributed by atoms with Gasteiger partial charge in [0.2, 0.25) is 5.82 Å². The molecule has 0 bridgehead atoms. The van der Waals surface area contributed by atoms with Gasteiger partial charge in [-0.3, -0.25) is 19.5 Å². The lowest BCUT2D eigenvalue weighted by Gasteiger charge is -2.16. The number of aromatic nitrogens is 3. The summed E-state index contributed by atoms with van der Waals surface area (Å²) in [6.07, 6.45) is 1.28. The van der Waals surface area contributed by atoms with Crippen molar-refractivity contribution in [1.29, 1.82) is 0 Å². The van der Waals surface area contributed by atoms with Crippen molar-refractivity contribution in [2.75, 3.05) is 7.05 Å². The summed E-state index contributed by atoms with van der Waals surface area (Å²) >= 11 is 0. The van der Waals surface area contributed by atoms with E-state index in [0.29, 0.717) is 52.1 Å². The van der Waals surface area contributed by atoms with E-state index < -0.39 is 17.3 Å². The predicted molar refractivity (Wildman–Crippen MR) is 148 cm³/mol. The minimum absolute atomic E-state index is 0.133. The van der Waals surface area contributed by atoms with Gasteiger partial charge in [0.15, 0.2) is 5.82 Å². The number of carbonyl (C=O) groups is 3. The molecule has 206 valence electrons. The van der Waals surface area contributed by atoms with E-state index in [9.17, 15) is 18.8 Å². The average Bonchev–Trinajstić information content (AvgIpc) is 3.39. The lowest BCUT2D eigenvalue weighted by atomic mass is 9.95. The van der Waals surface area contributed by atoms with Crippen LogP contribution >= 0.6 is 0 Å². The van der Waals surface area contributed by atoms with Crippen LogP contribution in [0.2, 0.25) is 0 Å². The van der Waals surface area contributed by atoms with Crippen LogP contribution in [0.15, 0.2) is 65.1 Å². The molecule has 2 aromatic heterocycles. The predicted octanol–water partition coefficient (Wildman–Crippen LogP) is 4.21. The van der Waals surface area contributed by atoms with E-state index in [1.807, 2.05) is 25.1 Å². The number of amides is 3. The highest BCUT2D eigenvalue weighted by atomic mass is 19.1. The highest BCUT2D eigenvalue weighted by molar-refractivity contribution is 6.12. The molecule has 1 fully saturated rings. The number of fused-ring (bicyclic) bond motifs is 1. The first kappa shape index (κ1) is 25.9. The van der Waals surface area contributed by atoms with Gasteiger partial charge >= 0.3 is 0 Å². The molecule has 1 aliphatic rings. The minimum Gasteiger partial charge on any atom is -0.455 e. The maximum Gasteiger partial charge on any atom is 0.288 e. The number of rotatable bonds is 7. The molecule has 5 aromatic rings. The van der Waals surface area contributed by atoms with Crippen molar-refractivity contribution >= 4 is 28.7 Å². The van der Waals surface area contributed by atoms with E-state index in [1.54, 1.807) is 30.3 Å². The zero-order chi connectivity index (χ0) is 28.9. The van der Waals surface area contributed by atoms with Gasteiger partial charge in [0.1, 0.15) is 17.2 Å². The molecule has 41 heavy (non-hydrogen) atoms. The first-order valence-electron chi connectivity index (χ1n) is 12.9. The fourth-order valence-corrected chi connectivity index (χ4v) is 4.92. The van der Waals surface area contributed by atoms with Crippen molar-refractivity contribution in [1.82, 2.24) is 25.8 Å². The topological polar surface area (TPSA) is 156 Å². The molecule has 0 aliphatic heterocycles. The molecule has 0 spiro atoms. The molecule has 0 saturated heterocycles. The monoisotopic (exact) mass is 552 g/mol. The Labute approximate surface area is 233 Å². The summed E-state index contributed by atoms with van der Waals surface area (Å²) in [6.45, 7) is 1.93. The van der Waals surface area contributed by atoms with Crippen LogP contribution in [-0.2, 0) is 5.54 Å². The summed E-state index contributed by atoms with van der Waals surface area (Å²) in [5.74, 6) is -1.21. The standard InChI is InChI=1S/C30H25FN6O4/c1-15-3-4-18(27(39)35-30(11-12-30)29-34-26(25(32)38)36-37-29)14-20(15)17-7-10-22-21(13-17)23(28(40)33-2)24(41-22)16-5-8-19(31)9-6-16/h3-10,13-14H,11-12H2,1-2H3,(H2,32,38)(H,33,40)(H,35,39)(H,34,36,37). The average molecular weight is 553 g/mol. The molecule has 3 amide bonds. The number of aromatic amines is 1.